The average molecular weight is 180 g/mol. The summed E-state index contributed by atoms with van der Waals surface area (Å²) in [5, 5.41) is 0. The topological polar surface area (TPSA) is 0 Å². The van der Waals surface area contributed by atoms with Crippen LogP contribution in [0.5, 0.6) is 0 Å². The van der Waals surface area contributed by atoms with Gasteiger partial charge in [-0.3, -0.25) is 0 Å². The molecule has 3 rings (SSSR count). The van der Waals surface area contributed by atoms with Crippen LogP contribution in [0, 0.1) is 16.7 Å². The van der Waals surface area contributed by atoms with Crippen LogP contribution < -0.4 is 0 Å². The van der Waals surface area contributed by atoms with Crippen molar-refractivity contribution in [1.82, 2.24) is 0 Å². The minimum atomic E-state index is 0.546. The summed E-state index contributed by atoms with van der Waals surface area (Å²) in [4.78, 5) is 0. The van der Waals surface area contributed by atoms with Gasteiger partial charge in [0.15, 0.2) is 0 Å². The molecular formula is C13H24. The Balaban J connectivity index is 2.03. The smallest absolute Gasteiger partial charge is 0.0292 e. The van der Waals surface area contributed by atoms with Crippen molar-refractivity contribution in [2.75, 3.05) is 0 Å². The fourth-order valence-corrected chi connectivity index (χ4v) is 3.73. The van der Waals surface area contributed by atoms with Gasteiger partial charge in [-0.15, -0.1) is 0 Å². The molecule has 76 valence electrons. The van der Waals surface area contributed by atoms with E-state index >= 15 is 0 Å². The number of hydrogen-bond donors (Lipinski definition) is 0. The van der Waals surface area contributed by atoms with E-state index < -0.39 is 0 Å². The Bertz CT molecular complexity index is 163. The monoisotopic (exact) mass is 180 g/mol. The van der Waals surface area contributed by atoms with Gasteiger partial charge >= 0.3 is 0 Å². The lowest BCUT2D eigenvalue weighted by molar-refractivity contribution is 0.0263. The van der Waals surface area contributed by atoms with E-state index in [0.717, 1.165) is 11.3 Å². The van der Waals surface area contributed by atoms with Crippen molar-refractivity contribution in [3.63, 3.8) is 0 Å². The van der Waals surface area contributed by atoms with Crippen LogP contribution >= 0.6 is 0 Å². The van der Waals surface area contributed by atoms with Gasteiger partial charge in [-0.2, -0.15) is 0 Å². The largest absolute Gasteiger partial charge is 0.0602 e. The van der Waals surface area contributed by atoms with Crippen molar-refractivity contribution < 1.29 is 0 Å². The second-order valence-electron chi connectivity index (χ2n) is 6.72. The Morgan fingerprint density at radius 3 is 1.85 bits per heavy atom. The van der Waals surface area contributed by atoms with E-state index in [-0.39, 0.29) is 0 Å². The Morgan fingerprint density at radius 1 is 1.00 bits per heavy atom. The molecule has 0 aromatic carbocycles. The Hall–Kier alpha value is 0. The SMILES string of the molecule is CC(C)(C)CC12CCC(CC1)CC2. The van der Waals surface area contributed by atoms with Crippen molar-refractivity contribution in [1.29, 1.82) is 0 Å². The molecule has 13 heavy (non-hydrogen) atoms. The predicted molar refractivity (Wildman–Crippen MR) is 57.7 cm³/mol. The molecule has 3 fully saturated rings. The van der Waals surface area contributed by atoms with Crippen molar-refractivity contribution in [3.05, 3.63) is 0 Å². The van der Waals surface area contributed by atoms with E-state index in [1.54, 1.807) is 0 Å². The molecule has 0 aromatic heterocycles. The van der Waals surface area contributed by atoms with Crippen molar-refractivity contribution in [2.24, 2.45) is 16.7 Å². The molecule has 0 N–H and O–H groups in total. The van der Waals surface area contributed by atoms with E-state index in [2.05, 4.69) is 20.8 Å². The fraction of sp³-hybridized carbons (Fsp3) is 1.00. The van der Waals surface area contributed by atoms with Gasteiger partial charge in [0, 0.05) is 0 Å². The zero-order valence-electron chi connectivity index (χ0n) is 9.53. The van der Waals surface area contributed by atoms with Gasteiger partial charge in [-0.25, -0.2) is 0 Å². The summed E-state index contributed by atoms with van der Waals surface area (Å²) in [6.45, 7) is 7.22. The van der Waals surface area contributed by atoms with Crippen LogP contribution in [0.2, 0.25) is 0 Å². The maximum atomic E-state index is 2.41. The second kappa shape index (κ2) is 3.00. The minimum absolute atomic E-state index is 0.546. The van der Waals surface area contributed by atoms with Gasteiger partial charge in [0.25, 0.3) is 0 Å². The van der Waals surface area contributed by atoms with Gasteiger partial charge in [0.05, 0.1) is 0 Å². The standard InChI is InChI=1S/C13H24/c1-12(2,3)10-13-7-4-11(5-8-13)6-9-13/h11H,4-10H2,1-3H3. The van der Waals surface area contributed by atoms with Crippen LogP contribution in [0.25, 0.3) is 0 Å². The van der Waals surface area contributed by atoms with Crippen LogP contribution in [0.3, 0.4) is 0 Å². The van der Waals surface area contributed by atoms with Crippen molar-refractivity contribution in [3.8, 4) is 0 Å². The minimum Gasteiger partial charge on any atom is -0.0602 e. The van der Waals surface area contributed by atoms with E-state index in [0.29, 0.717) is 5.41 Å². The maximum Gasteiger partial charge on any atom is -0.0292 e. The number of fused-ring (bicyclic) bond motifs is 3. The van der Waals surface area contributed by atoms with E-state index in [1.165, 1.54) is 44.9 Å². The van der Waals surface area contributed by atoms with Crippen LogP contribution in [0.1, 0.15) is 65.7 Å². The molecule has 0 amide bonds. The molecule has 0 heterocycles. The summed E-state index contributed by atoms with van der Waals surface area (Å²) >= 11 is 0. The zero-order valence-corrected chi connectivity index (χ0v) is 9.53. The highest BCUT2D eigenvalue weighted by Crippen LogP contribution is 2.54. The molecule has 0 atom stereocenters. The van der Waals surface area contributed by atoms with Crippen molar-refractivity contribution >= 4 is 0 Å². The molecular weight excluding hydrogens is 156 g/mol. The van der Waals surface area contributed by atoms with Gasteiger partial charge in [0.2, 0.25) is 0 Å². The average Bonchev–Trinajstić information content (AvgIpc) is 2.03. The van der Waals surface area contributed by atoms with Gasteiger partial charge in [-0.1, -0.05) is 20.8 Å². The molecule has 0 spiro atoms. The molecule has 0 heteroatoms. The summed E-state index contributed by atoms with van der Waals surface area (Å²) in [6, 6.07) is 0. The van der Waals surface area contributed by atoms with Crippen LogP contribution in [-0.4, -0.2) is 0 Å². The lowest BCUT2D eigenvalue weighted by atomic mass is 9.56. The van der Waals surface area contributed by atoms with Gasteiger partial charge in [0.1, 0.15) is 0 Å². The quantitative estimate of drug-likeness (QED) is 0.561. The first-order valence-electron chi connectivity index (χ1n) is 5.99. The lowest BCUT2D eigenvalue weighted by Crippen LogP contribution is -2.36. The number of rotatable bonds is 1. The molecule has 0 unspecified atom stereocenters. The Morgan fingerprint density at radius 2 is 1.46 bits per heavy atom. The summed E-state index contributed by atoms with van der Waals surface area (Å²) in [5.41, 5.74) is 1.32. The molecule has 3 saturated carbocycles. The van der Waals surface area contributed by atoms with Gasteiger partial charge < -0.3 is 0 Å². The lowest BCUT2D eigenvalue weighted by Gasteiger charge is -2.49. The fourth-order valence-electron chi connectivity index (χ4n) is 3.73. The predicted octanol–water partition coefficient (Wildman–Crippen LogP) is 4.39. The van der Waals surface area contributed by atoms with E-state index in [4.69, 9.17) is 0 Å². The summed E-state index contributed by atoms with van der Waals surface area (Å²) in [5.74, 6) is 1.11. The number of hydrogen-bond acceptors (Lipinski definition) is 0. The highest BCUT2D eigenvalue weighted by atomic mass is 14.5. The first kappa shape index (κ1) is 9.55. The molecule has 3 aliphatic rings. The normalized spacial score (nSPS) is 39.5. The Kier molecular flexibility index (Phi) is 2.20. The molecule has 3 aliphatic carbocycles. The molecule has 0 nitrogen and oxygen atoms in total. The summed E-state index contributed by atoms with van der Waals surface area (Å²) < 4.78 is 0. The maximum absolute atomic E-state index is 2.41. The second-order valence-corrected chi connectivity index (χ2v) is 6.72. The van der Waals surface area contributed by atoms with E-state index in [1.807, 2.05) is 0 Å². The summed E-state index contributed by atoms with van der Waals surface area (Å²) in [6.07, 6.45) is 10.7. The third-order valence-corrected chi connectivity index (χ3v) is 4.15. The molecule has 0 saturated heterocycles. The third kappa shape index (κ3) is 2.08. The molecule has 0 radical (unpaired) electrons. The molecule has 0 aliphatic heterocycles. The highest BCUT2D eigenvalue weighted by Gasteiger charge is 2.42. The first-order chi connectivity index (χ1) is 5.99. The first-order valence-corrected chi connectivity index (χ1v) is 5.99. The summed E-state index contributed by atoms with van der Waals surface area (Å²) in [7, 11) is 0. The van der Waals surface area contributed by atoms with Crippen LogP contribution in [0.4, 0.5) is 0 Å². The molecule has 0 aromatic rings. The highest BCUT2D eigenvalue weighted by molar-refractivity contribution is 4.93. The van der Waals surface area contributed by atoms with Crippen molar-refractivity contribution in [2.45, 2.75) is 65.7 Å². The van der Waals surface area contributed by atoms with Crippen LogP contribution in [-0.2, 0) is 0 Å². The molecule has 2 bridgehead atoms. The Labute approximate surface area is 83.1 Å². The van der Waals surface area contributed by atoms with E-state index in [9.17, 15) is 0 Å². The van der Waals surface area contributed by atoms with Gasteiger partial charge in [-0.05, 0) is 61.7 Å². The van der Waals surface area contributed by atoms with Crippen LogP contribution in [0.15, 0.2) is 0 Å². The third-order valence-electron chi connectivity index (χ3n) is 4.15. The zero-order chi connectivity index (χ0) is 9.53.